The summed E-state index contributed by atoms with van der Waals surface area (Å²) >= 11 is 0. The molecule has 2 heterocycles. The molecule has 0 aliphatic carbocycles. The molecule has 0 spiro atoms. The van der Waals surface area contributed by atoms with E-state index in [0.29, 0.717) is 6.61 Å². The number of amides is 1. The number of nitrogens with zero attached hydrogens (tertiary/aromatic N) is 1. The van der Waals surface area contributed by atoms with Crippen LogP contribution in [0.2, 0.25) is 0 Å². The molecule has 0 radical (unpaired) electrons. The van der Waals surface area contributed by atoms with Crippen LogP contribution in [0.25, 0.3) is 0 Å². The normalized spacial score (nSPS) is 25.4. The molecule has 2 aliphatic heterocycles. The molecule has 2 fully saturated rings. The van der Waals surface area contributed by atoms with E-state index in [1.807, 2.05) is 23.1 Å². The maximum absolute atomic E-state index is 12.1. The van der Waals surface area contributed by atoms with Gasteiger partial charge in [-0.15, -0.1) is 0 Å². The van der Waals surface area contributed by atoms with Gasteiger partial charge in [0.25, 0.3) is 5.91 Å². The van der Waals surface area contributed by atoms with Crippen LogP contribution in [0, 0.1) is 0 Å². The van der Waals surface area contributed by atoms with E-state index in [2.05, 4.69) is 6.07 Å². The van der Waals surface area contributed by atoms with Crippen molar-refractivity contribution in [3.63, 3.8) is 0 Å². The van der Waals surface area contributed by atoms with Crippen LogP contribution in [-0.4, -0.2) is 43.2 Å². The van der Waals surface area contributed by atoms with Gasteiger partial charge in [0.15, 0.2) is 6.10 Å². The zero-order valence-electron chi connectivity index (χ0n) is 11.2. The van der Waals surface area contributed by atoms with Gasteiger partial charge in [-0.25, -0.2) is 0 Å². The Balaban J connectivity index is 1.72. The number of hydrogen-bond acceptors (Lipinski definition) is 3. The zero-order chi connectivity index (χ0) is 13.2. The first kappa shape index (κ1) is 12.5. The summed E-state index contributed by atoms with van der Waals surface area (Å²) in [6.45, 7) is 1.45. The molecule has 102 valence electrons. The van der Waals surface area contributed by atoms with Gasteiger partial charge >= 0.3 is 0 Å². The second-order valence-electron chi connectivity index (χ2n) is 5.17. The molecule has 2 saturated heterocycles. The van der Waals surface area contributed by atoms with Crippen LogP contribution in [0.1, 0.15) is 18.4 Å². The van der Waals surface area contributed by atoms with Crippen LogP contribution in [0.4, 0.5) is 0 Å². The molecule has 0 N–H and O–H groups in total. The third kappa shape index (κ3) is 2.59. The Hall–Kier alpha value is -1.55. The van der Waals surface area contributed by atoms with Crippen LogP contribution in [0.15, 0.2) is 24.3 Å². The van der Waals surface area contributed by atoms with Crippen molar-refractivity contribution in [3.8, 4) is 5.75 Å². The molecule has 2 atom stereocenters. The molecule has 0 saturated carbocycles. The topological polar surface area (TPSA) is 42.1 Å². The predicted octanol–water partition coefficient (Wildman–Crippen LogP) is 1.63. The minimum atomic E-state index is -0.168. The maximum Gasteiger partial charge on any atom is 0.254 e. The number of ether oxygens (including phenoxy) is 2. The molecule has 0 aromatic heterocycles. The minimum absolute atomic E-state index is 0.164. The lowest BCUT2D eigenvalue weighted by Gasteiger charge is -2.24. The van der Waals surface area contributed by atoms with Crippen molar-refractivity contribution in [1.82, 2.24) is 4.90 Å². The first-order valence-electron chi connectivity index (χ1n) is 6.83. The first-order chi connectivity index (χ1) is 9.29. The van der Waals surface area contributed by atoms with Gasteiger partial charge in [-0.3, -0.25) is 4.79 Å². The Bertz CT molecular complexity index is 470. The van der Waals surface area contributed by atoms with Crippen molar-refractivity contribution in [2.24, 2.45) is 0 Å². The van der Waals surface area contributed by atoms with Crippen molar-refractivity contribution in [3.05, 3.63) is 29.8 Å². The van der Waals surface area contributed by atoms with Crippen LogP contribution in [0.5, 0.6) is 5.75 Å². The van der Waals surface area contributed by atoms with Crippen LogP contribution in [-0.2, 0) is 16.0 Å². The number of carbonyl (C=O) groups is 1. The molecule has 3 rings (SSSR count). The van der Waals surface area contributed by atoms with Gasteiger partial charge in [0.05, 0.1) is 13.7 Å². The van der Waals surface area contributed by atoms with Crippen LogP contribution < -0.4 is 4.74 Å². The van der Waals surface area contributed by atoms with Gasteiger partial charge in [0.2, 0.25) is 0 Å². The van der Waals surface area contributed by atoms with Crippen molar-refractivity contribution in [2.45, 2.75) is 31.4 Å². The summed E-state index contributed by atoms with van der Waals surface area (Å²) < 4.78 is 10.5. The highest BCUT2D eigenvalue weighted by molar-refractivity contribution is 5.83. The van der Waals surface area contributed by atoms with Gasteiger partial charge in [-0.05, 0) is 30.9 Å². The molecule has 1 amide bonds. The van der Waals surface area contributed by atoms with E-state index in [9.17, 15) is 4.79 Å². The average molecular weight is 261 g/mol. The highest BCUT2D eigenvalue weighted by atomic mass is 16.6. The second-order valence-corrected chi connectivity index (χ2v) is 5.17. The zero-order valence-corrected chi connectivity index (χ0v) is 11.2. The van der Waals surface area contributed by atoms with E-state index >= 15 is 0 Å². The Morgan fingerprint density at radius 3 is 3.00 bits per heavy atom. The van der Waals surface area contributed by atoms with Crippen molar-refractivity contribution in [1.29, 1.82) is 0 Å². The lowest BCUT2D eigenvalue weighted by molar-refractivity contribution is -0.133. The fourth-order valence-electron chi connectivity index (χ4n) is 2.84. The van der Waals surface area contributed by atoms with E-state index in [4.69, 9.17) is 9.47 Å². The summed E-state index contributed by atoms with van der Waals surface area (Å²) in [5, 5.41) is 0. The SMILES string of the molecule is COc1ccccc1CC1CCCN1C(=O)C1CO1. The fraction of sp³-hybridized carbons (Fsp3) is 0.533. The number of benzene rings is 1. The average Bonchev–Trinajstić information content (AvgIpc) is 3.19. The Kier molecular flexibility index (Phi) is 3.42. The molecular weight excluding hydrogens is 242 g/mol. The predicted molar refractivity (Wildman–Crippen MR) is 71.2 cm³/mol. The Labute approximate surface area is 113 Å². The number of rotatable bonds is 4. The summed E-state index contributed by atoms with van der Waals surface area (Å²) in [6.07, 6.45) is 2.84. The minimum Gasteiger partial charge on any atom is -0.496 e. The summed E-state index contributed by atoms with van der Waals surface area (Å²) in [4.78, 5) is 14.1. The van der Waals surface area contributed by atoms with Crippen molar-refractivity contribution in [2.75, 3.05) is 20.3 Å². The fourth-order valence-corrected chi connectivity index (χ4v) is 2.84. The lowest BCUT2D eigenvalue weighted by Crippen LogP contribution is -2.39. The number of methoxy groups -OCH3 is 1. The standard InChI is InChI=1S/C15H19NO3/c1-18-13-7-3-2-5-11(13)9-12-6-4-8-16(12)15(17)14-10-19-14/h2-3,5,7,12,14H,4,6,8-10H2,1H3. The Morgan fingerprint density at radius 1 is 1.47 bits per heavy atom. The maximum atomic E-state index is 12.1. The number of para-hydroxylation sites is 1. The number of hydrogen-bond donors (Lipinski definition) is 0. The summed E-state index contributed by atoms with van der Waals surface area (Å²) in [5.74, 6) is 1.07. The molecule has 1 aromatic carbocycles. The molecule has 1 aromatic rings. The van der Waals surface area contributed by atoms with Crippen molar-refractivity contribution >= 4 is 5.91 Å². The Morgan fingerprint density at radius 2 is 2.26 bits per heavy atom. The van der Waals surface area contributed by atoms with E-state index < -0.39 is 0 Å². The molecular formula is C15H19NO3. The molecule has 19 heavy (non-hydrogen) atoms. The third-order valence-electron chi connectivity index (χ3n) is 3.92. The van der Waals surface area contributed by atoms with Crippen LogP contribution in [0.3, 0.4) is 0 Å². The van der Waals surface area contributed by atoms with Gasteiger partial charge in [0.1, 0.15) is 5.75 Å². The highest BCUT2D eigenvalue weighted by Crippen LogP contribution is 2.28. The van der Waals surface area contributed by atoms with Gasteiger partial charge in [-0.1, -0.05) is 18.2 Å². The number of epoxide rings is 1. The molecule has 4 nitrogen and oxygen atoms in total. The highest BCUT2D eigenvalue weighted by Gasteiger charge is 2.39. The summed E-state index contributed by atoms with van der Waals surface area (Å²) in [7, 11) is 1.69. The van der Waals surface area contributed by atoms with Gasteiger partial charge in [0, 0.05) is 12.6 Å². The van der Waals surface area contributed by atoms with Crippen molar-refractivity contribution < 1.29 is 14.3 Å². The largest absolute Gasteiger partial charge is 0.496 e. The molecule has 0 bridgehead atoms. The molecule has 2 aliphatic rings. The molecule has 2 unspecified atom stereocenters. The number of likely N-dealkylation sites (tertiary alicyclic amines) is 1. The van der Waals surface area contributed by atoms with Gasteiger partial charge < -0.3 is 14.4 Å². The monoisotopic (exact) mass is 261 g/mol. The lowest BCUT2D eigenvalue weighted by atomic mass is 10.0. The summed E-state index contributed by atoms with van der Waals surface area (Å²) in [5.41, 5.74) is 1.17. The van der Waals surface area contributed by atoms with E-state index in [1.54, 1.807) is 7.11 Å². The van der Waals surface area contributed by atoms with E-state index in [1.165, 1.54) is 5.56 Å². The van der Waals surface area contributed by atoms with E-state index in [0.717, 1.165) is 31.6 Å². The van der Waals surface area contributed by atoms with Gasteiger partial charge in [-0.2, -0.15) is 0 Å². The third-order valence-corrected chi connectivity index (χ3v) is 3.92. The smallest absolute Gasteiger partial charge is 0.254 e. The first-order valence-corrected chi connectivity index (χ1v) is 6.83. The van der Waals surface area contributed by atoms with Crippen LogP contribution >= 0.6 is 0 Å². The van der Waals surface area contributed by atoms with E-state index in [-0.39, 0.29) is 18.1 Å². The number of carbonyl (C=O) groups excluding carboxylic acids is 1. The molecule has 4 heteroatoms. The summed E-state index contributed by atoms with van der Waals surface area (Å²) in [6, 6.07) is 8.32. The second kappa shape index (κ2) is 5.21. The quantitative estimate of drug-likeness (QED) is 0.774.